The molecule has 0 saturated heterocycles. The fourth-order valence-electron chi connectivity index (χ4n) is 1.16. The second-order valence-corrected chi connectivity index (χ2v) is 7.05. The summed E-state index contributed by atoms with van der Waals surface area (Å²) in [5.41, 5.74) is 0.140. The average molecular weight is 307 g/mol. The zero-order valence-corrected chi connectivity index (χ0v) is 12.1. The molecule has 0 aliphatic carbocycles. The number of nitrogens with zero attached hydrogens (tertiary/aromatic N) is 1. The molecular formula is C10H15BrN2O2S. The Morgan fingerprint density at radius 1 is 1.31 bits per heavy atom. The largest absolute Gasteiger partial charge is 0.259 e. The summed E-state index contributed by atoms with van der Waals surface area (Å²) in [5.74, 6) is 0. The van der Waals surface area contributed by atoms with E-state index in [-0.39, 0.29) is 5.03 Å². The summed E-state index contributed by atoms with van der Waals surface area (Å²) in [4.78, 5) is 4.03. The van der Waals surface area contributed by atoms with Gasteiger partial charge in [-0.3, -0.25) is 0 Å². The normalized spacial score (nSPS) is 12.8. The highest BCUT2D eigenvalue weighted by Crippen LogP contribution is 2.21. The lowest BCUT2D eigenvalue weighted by atomic mass is 10.1. The van der Waals surface area contributed by atoms with E-state index in [1.165, 1.54) is 0 Å². The second-order valence-electron chi connectivity index (χ2n) is 4.60. The molecule has 0 aliphatic heterocycles. The van der Waals surface area contributed by atoms with Gasteiger partial charge in [0.05, 0.1) is 4.47 Å². The Morgan fingerprint density at radius 3 is 2.38 bits per heavy atom. The van der Waals surface area contributed by atoms with E-state index in [0.717, 1.165) is 0 Å². The Morgan fingerprint density at radius 2 is 1.88 bits per heavy atom. The maximum Gasteiger partial charge on any atom is 0.259 e. The van der Waals surface area contributed by atoms with Gasteiger partial charge in [-0.2, -0.15) is 0 Å². The number of rotatable bonds is 2. The molecule has 0 aromatic carbocycles. The van der Waals surface area contributed by atoms with Crippen LogP contribution in [-0.4, -0.2) is 18.9 Å². The zero-order valence-electron chi connectivity index (χ0n) is 9.70. The summed E-state index contributed by atoms with van der Waals surface area (Å²) in [6, 6.07) is 3.43. The van der Waals surface area contributed by atoms with Crippen molar-refractivity contribution in [2.24, 2.45) is 0 Å². The summed E-state index contributed by atoms with van der Waals surface area (Å²) >= 11 is 3.19. The van der Waals surface area contributed by atoms with Gasteiger partial charge in [-0.1, -0.05) is 0 Å². The van der Waals surface area contributed by atoms with E-state index in [2.05, 4.69) is 25.6 Å². The smallest absolute Gasteiger partial charge is 0.239 e. The fourth-order valence-corrected chi connectivity index (χ4v) is 3.51. The van der Waals surface area contributed by atoms with Gasteiger partial charge in [0.25, 0.3) is 10.0 Å². The minimum atomic E-state index is -3.58. The molecule has 4 nitrogen and oxygen atoms in total. The minimum Gasteiger partial charge on any atom is -0.239 e. The quantitative estimate of drug-likeness (QED) is 0.911. The van der Waals surface area contributed by atoms with E-state index in [4.69, 9.17) is 0 Å². The van der Waals surface area contributed by atoms with Crippen molar-refractivity contribution in [3.63, 3.8) is 0 Å². The molecule has 1 aromatic heterocycles. The lowest BCUT2D eigenvalue weighted by Crippen LogP contribution is -2.41. The predicted octanol–water partition coefficient (Wildman–Crippen LogP) is 2.23. The lowest BCUT2D eigenvalue weighted by Gasteiger charge is -2.20. The van der Waals surface area contributed by atoms with Crippen LogP contribution in [0.4, 0.5) is 0 Å². The summed E-state index contributed by atoms with van der Waals surface area (Å²) in [7, 11) is -3.58. The van der Waals surface area contributed by atoms with E-state index in [9.17, 15) is 8.42 Å². The fraction of sp³-hybridized carbons (Fsp3) is 0.500. The minimum absolute atomic E-state index is 0.0300. The third-order valence-corrected chi connectivity index (χ3v) is 4.25. The number of nitrogens with one attached hydrogen (secondary N) is 1. The van der Waals surface area contributed by atoms with Crippen LogP contribution in [0.3, 0.4) is 0 Å². The van der Waals surface area contributed by atoms with Crippen molar-refractivity contribution < 1.29 is 8.42 Å². The Kier molecular flexibility index (Phi) is 3.76. The van der Waals surface area contributed by atoms with Gasteiger partial charge in [0.15, 0.2) is 5.03 Å². The zero-order chi connectivity index (χ0) is 12.6. The van der Waals surface area contributed by atoms with Crippen molar-refractivity contribution in [1.82, 2.24) is 9.71 Å². The predicted molar refractivity (Wildman–Crippen MR) is 66.7 cm³/mol. The number of sulfonamides is 1. The molecule has 1 N–H and O–H groups in total. The first-order valence-corrected chi connectivity index (χ1v) is 7.06. The Labute approximate surface area is 105 Å². The molecule has 1 rings (SSSR count). The summed E-state index contributed by atoms with van der Waals surface area (Å²) < 4.78 is 27.1. The van der Waals surface area contributed by atoms with E-state index < -0.39 is 15.6 Å². The summed E-state index contributed by atoms with van der Waals surface area (Å²) in [5, 5.41) is 0.0300. The number of hydrogen-bond acceptors (Lipinski definition) is 3. The van der Waals surface area contributed by atoms with Gasteiger partial charge < -0.3 is 0 Å². The van der Waals surface area contributed by atoms with Gasteiger partial charge in [0.2, 0.25) is 0 Å². The maximum atomic E-state index is 12.0. The molecule has 0 spiro atoms. The first kappa shape index (κ1) is 13.6. The van der Waals surface area contributed by atoms with Crippen LogP contribution in [0.15, 0.2) is 21.6 Å². The van der Waals surface area contributed by atoms with E-state index in [1.54, 1.807) is 39.8 Å². The third-order valence-electron chi connectivity index (χ3n) is 1.65. The van der Waals surface area contributed by atoms with Crippen molar-refractivity contribution >= 4 is 26.0 Å². The SMILES string of the molecule is Cc1ccc(Br)c(S(=O)(=O)NC(C)(C)C)n1. The van der Waals surface area contributed by atoms with Crippen LogP contribution in [0.2, 0.25) is 0 Å². The monoisotopic (exact) mass is 306 g/mol. The van der Waals surface area contributed by atoms with Crippen LogP contribution in [0.5, 0.6) is 0 Å². The van der Waals surface area contributed by atoms with Crippen molar-refractivity contribution in [3.8, 4) is 0 Å². The maximum absolute atomic E-state index is 12.0. The van der Waals surface area contributed by atoms with Gasteiger partial charge in [-0.25, -0.2) is 18.1 Å². The van der Waals surface area contributed by atoms with Crippen LogP contribution in [0.1, 0.15) is 26.5 Å². The molecule has 0 aliphatic rings. The first-order valence-electron chi connectivity index (χ1n) is 4.79. The van der Waals surface area contributed by atoms with Gasteiger partial charge in [0, 0.05) is 11.2 Å². The van der Waals surface area contributed by atoms with E-state index in [0.29, 0.717) is 10.2 Å². The lowest BCUT2D eigenvalue weighted by molar-refractivity contribution is 0.489. The molecular weight excluding hydrogens is 292 g/mol. The molecule has 1 heterocycles. The second kappa shape index (κ2) is 4.43. The molecule has 0 unspecified atom stereocenters. The van der Waals surface area contributed by atoms with Crippen LogP contribution in [0.25, 0.3) is 0 Å². The summed E-state index contributed by atoms with van der Waals surface area (Å²) in [6.07, 6.45) is 0. The number of aryl methyl sites for hydroxylation is 1. The van der Waals surface area contributed by atoms with Crippen LogP contribution < -0.4 is 4.72 Å². The number of pyridine rings is 1. The van der Waals surface area contributed by atoms with Gasteiger partial charge in [-0.05, 0) is 55.8 Å². The molecule has 6 heteroatoms. The van der Waals surface area contributed by atoms with Crippen molar-refractivity contribution in [2.45, 2.75) is 38.3 Å². The molecule has 0 saturated carbocycles. The van der Waals surface area contributed by atoms with Crippen molar-refractivity contribution in [1.29, 1.82) is 0 Å². The molecule has 0 bridgehead atoms. The Hall–Kier alpha value is -0.460. The average Bonchev–Trinajstić information content (AvgIpc) is 2.04. The Balaban J connectivity index is 3.22. The number of aromatic nitrogens is 1. The Bertz CT molecular complexity index is 492. The number of hydrogen-bond donors (Lipinski definition) is 1. The highest BCUT2D eigenvalue weighted by atomic mass is 79.9. The summed E-state index contributed by atoms with van der Waals surface area (Å²) in [6.45, 7) is 7.11. The number of halogens is 1. The van der Waals surface area contributed by atoms with Crippen LogP contribution >= 0.6 is 15.9 Å². The highest BCUT2D eigenvalue weighted by molar-refractivity contribution is 9.10. The molecule has 0 fully saturated rings. The molecule has 0 radical (unpaired) electrons. The van der Waals surface area contributed by atoms with Gasteiger partial charge in [0.1, 0.15) is 0 Å². The standard InChI is InChI=1S/C10H15BrN2O2S/c1-7-5-6-8(11)9(12-7)16(14,15)13-10(2,3)4/h5-6,13H,1-4H3. The van der Waals surface area contributed by atoms with Crippen LogP contribution in [-0.2, 0) is 10.0 Å². The molecule has 0 amide bonds. The molecule has 0 atom stereocenters. The highest BCUT2D eigenvalue weighted by Gasteiger charge is 2.25. The molecule has 16 heavy (non-hydrogen) atoms. The van der Waals surface area contributed by atoms with Crippen molar-refractivity contribution in [3.05, 3.63) is 22.3 Å². The van der Waals surface area contributed by atoms with Gasteiger partial charge >= 0.3 is 0 Å². The van der Waals surface area contributed by atoms with Crippen molar-refractivity contribution in [2.75, 3.05) is 0 Å². The van der Waals surface area contributed by atoms with Gasteiger partial charge in [-0.15, -0.1) is 0 Å². The third kappa shape index (κ3) is 3.54. The first-order chi connectivity index (χ1) is 7.12. The van der Waals surface area contributed by atoms with Crippen LogP contribution in [0, 0.1) is 6.92 Å². The topological polar surface area (TPSA) is 59.1 Å². The van der Waals surface area contributed by atoms with E-state index >= 15 is 0 Å². The van der Waals surface area contributed by atoms with E-state index in [1.807, 2.05) is 0 Å². The molecule has 90 valence electrons. The molecule has 1 aromatic rings.